The first-order valence-corrected chi connectivity index (χ1v) is 12.3. The van der Waals surface area contributed by atoms with Gasteiger partial charge < -0.3 is 18.9 Å². The third-order valence-electron chi connectivity index (χ3n) is 5.66. The van der Waals surface area contributed by atoms with E-state index in [0.29, 0.717) is 19.0 Å². The fourth-order valence-corrected chi connectivity index (χ4v) is 3.88. The average molecular weight is 457 g/mol. The van der Waals surface area contributed by atoms with E-state index in [2.05, 4.69) is 13.0 Å². The zero-order valence-electron chi connectivity index (χ0n) is 20.9. The van der Waals surface area contributed by atoms with Crippen LogP contribution >= 0.6 is 0 Å². The van der Waals surface area contributed by atoms with E-state index in [1.807, 2.05) is 63.2 Å². The molecule has 0 bridgehead atoms. The van der Waals surface area contributed by atoms with Gasteiger partial charge in [-0.3, -0.25) is 0 Å². The maximum atomic E-state index is 13.0. The van der Waals surface area contributed by atoms with Crippen LogP contribution < -0.4 is 4.74 Å². The van der Waals surface area contributed by atoms with Crippen LogP contribution in [0.2, 0.25) is 0 Å². The Kier molecular flexibility index (Phi) is 11.6. The molecule has 0 spiro atoms. The molecule has 1 heterocycles. The summed E-state index contributed by atoms with van der Waals surface area (Å²) in [5.41, 5.74) is 2.69. The van der Waals surface area contributed by atoms with Gasteiger partial charge in [0.1, 0.15) is 5.75 Å². The standard InChI is InChI=1S/C26H34O5.C2H6/c1-4-5-6-8-12-20-15-16-23(22(19-20)26(2)29-17-11-18-30-26)31-25(27)24(28-3)21-13-9-7-10-14-21;1-2/h7,9-10,13-16,19,24H,4-6,8,11-12,17-18H2,1-3H3;1-2H3. The topological polar surface area (TPSA) is 54.0 Å². The lowest BCUT2D eigenvalue weighted by molar-refractivity contribution is -0.265. The number of methoxy groups -OCH3 is 1. The Hall–Kier alpha value is -2.21. The monoisotopic (exact) mass is 456 g/mol. The summed E-state index contributed by atoms with van der Waals surface area (Å²) in [7, 11) is 1.51. The van der Waals surface area contributed by atoms with Crippen LogP contribution in [0.25, 0.3) is 0 Å². The number of esters is 1. The van der Waals surface area contributed by atoms with Crippen molar-refractivity contribution in [2.24, 2.45) is 0 Å². The molecule has 0 N–H and O–H groups in total. The Balaban J connectivity index is 0.00000187. The van der Waals surface area contributed by atoms with Gasteiger partial charge in [-0.15, -0.1) is 0 Å². The van der Waals surface area contributed by atoms with Gasteiger partial charge in [0.15, 0.2) is 11.9 Å². The minimum atomic E-state index is -0.942. The summed E-state index contributed by atoms with van der Waals surface area (Å²) >= 11 is 0. The highest BCUT2D eigenvalue weighted by atomic mass is 16.7. The Morgan fingerprint density at radius 1 is 1.03 bits per heavy atom. The van der Waals surface area contributed by atoms with Crippen LogP contribution in [0.5, 0.6) is 5.75 Å². The molecule has 33 heavy (non-hydrogen) atoms. The van der Waals surface area contributed by atoms with Gasteiger partial charge in [0, 0.05) is 7.11 Å². The minimum absolute atomic E-state index is 0.449. The minimum Gasteiger partial charge on any atom is -0.424 e. The Morgan fingerprint density at radius 3 is 2.36 bits per heavy atom. The average Bonchev–Trinajstić information content (AvgIpc) is 2.85. The van der Waals surface area contributed by atoms with Crippen molar-refractivity contribution in [2.45, 2.75) is 78.1 Å². The summed E-state index contributed by atoms with van der Waals surface area (Å²) in [4.78, 5) is 13.0. The molecule has 1 aliphatic heterocycles. The van der Waals surface area contributed by atoms with Crippen molar-refractivity contribution in [3.63, 3.8) is 0 Å². The van der Waals surface area contributed by atoms with Gasteiger partial charge in [-0.25, -0.2) is 4.79 Å². The second-order valence-electron chi connectivity index (χ2n) is 8.08. The van der Waals surface area contributed by atoms with E-state index in [9.17, 15) is 4.79 Å². The molecule has 1 fully saturated rings. The van der Waals surface area contributed by atoms with Gasteiger partial charge in [-0.1, -0.05) is 76.4 Å². The molecule has 0 radical (unpaired) electrons. The van der Waals surface area contributed by atoms with Gasteiger partial charge in [-0.05, 0) is 49.4 Å². The lowest BCUT2D eigenvalue weighted by atomic mass is 9.98. The highest BCUT2D eigenvalue weighted by Crippen LogP contribution is 2.38. The number of ether oxygens (including phenoxy) is 4. The van der Waals surface area contributed by atoms with E-state index in [4.69, 9.17) is 18.9 Å². The molecular formula is C28H40O5. The molecular weight excluding hydrogens is 416 g/mol. The summed E-state index contributed by atoms with van der Waals surface area (Å²) in [6.45, 7) is 9.32. The van der Waals surface area contributed by atoms with Crippen molar-refractivity contribution in [2.75, 3.05) is 20.3 Å². The number of rotatable bonds is 10. The number of hydrogen-bond donors (Lipinski definition) is 0. The molecule has 5 heteroatoms. The summed E-state index contributed by atoms with van der Waals surface area (Å²) in [5.74, 6) is -0.961. The Morgan fingerprint density at radius 2 is 1.73 bits per heavy atom. The molecule has 1 aliphatic rings. The summed E-state index contributed by atoms with van der Waals surface area (Å²) in [6, 6.07) is 15.3. The van der Waals surface area contributed by atoms with Gasteiger partial charge >= 0.3 is 5.97 Å². The number of hydrogen-bond acceptors (Lipinski definition) is 5. The molecule has 1 unspecified atom stereocenters. The van der Waals surface area contributed by atoms with Crippen molar-refractivity contribution < 1.29 is 23.7 Å². The van der Waals surface area contributed by atoms with Crippen molar-refractivity contribution in [3.8, 4) is 5.75 Å². The van der Waals surface area contributed by atoms with Crippen molar-refractivity contribution in [1.29, 1.82) is 0 Å². The molecule has 1 saturated heterocycles. The molecule has 0 amide bonds. The van der Waals surface area contributed by atoms with Crippen LogP contribution in [0.3, 0.4) is 0 Å². The highest BCUT2D eigenvalue weighted by Gasteiger charge is 2.36. The molecule has 1 atom stereocenters. The van der Waals surface area contributed by atoms with E-state index in [0.717, 1.165) is 30.4 Å². The summed E-state index contributed by atoms with van der Waals surface area (Å²) < 4.78 is 23.3. The Labute approximate surface area is 199 Å². The van der Waals surface area contributed by atoms with E-state index >= 15 is 0 Å². The first-order valence-electron chi connectivity index (χ1n) is 12.3. The largest absolute Gasteiger partial charge is 0.424 e. The zero-order valence-corrected chi connectivity index (χ0v) is 20.9. The molecule has 5 nitrogen and oxygen atoms in total. The van der Waals surface area contributed by atoms with Crippen molar-refractivity contribution >= 4 is 5.97 Å². The van der Waals surface area contributed by atoms with Crippen LogP contribution in [0, 0.1) is 0 Å². The SMILES string of the molecule is CC.CCCCCCc1ccc(OC(=O)C(OC)c2ccccc2)c(C2(C)OCCCO2)c1. The molecule has 182 valence electrons. The lowest BCUT2D eigenvalue weighted by Gasteiger charge is -2.35. The molecule has 2 aromatic rings. The van der Waals surface area contributed by atoms with Gasteiger partial charge in [-0.2, -0.15) is 0 Å². The maximum Gasteiger partial charge on any atom is 0.345 e. The molecule has 0 aliphatic carbocycles. The summed E-state index contributed by atoms with van der Waals surface area (Å²) in [5, 5.41) is 0. The third kappa shape index (κ3) is 7.66. The van der Waals surface area contributed by atoms with E-state index in [1.54, 1.807) is 0 Å². The first kappa shape index (κ1) is 27.0. The smallest absolute Gasteiger partial charge is 0.345 e. The number of carbonyl (C=O) groups is 1. The molecule has 0 aromatic heterocycles. The van der Waals surface area contributed by atoms with Crippen LogP contribution in [-0.2, 0) is 31.2 Å². The van der Waals surface area contributed by atoms with Crippen LogP contribution in [0.15, 0.2) is 48.5 Å². The number of unbranched alkanes of at least 4 members (excludes halogenated alkanes) is 3. The summed E-state index contributed by atoms with van der Waals surface area (Å²) in [6.07, 6.45) is 5.81. The van der Waals surface area contributed by atoms with Gasteiger partial charge in [0.2, 0.25) is 0 Å². The lowest BCUT2D eigenvalue weighted by Crippen LogP contribution is -2.36. The third-order valence-corrected chi connectivity index (χ3v) is 5.66. The molecule has 2 aromatic carbocycles. The quantitative estimate of drug-likeness (QED) is 0.225. The molecule has 0 saturated carbocycles. The maximum absolute atomic E-state index is 13.0. The number of aryl methyl sites for hydroxylation is 1. The van der Waals surface area contributed by atoms with Crippen LogP contribution in [-0.4, -0.2) is 26.3 Å². The normalized spacial score (nSPS) is 15.8. The first-order chi connectivity index (χ1) is 16.1. The number of benzene rings is 2. The second-order valence-corrected chi connectivity index (χ2v) is 8.08. The fraction of sp³-hybridized carbons (Fsp3) is 0.536. The van der Waals surface area contributed by atoms with E-state index in [1.165, 1.54) is 31.9 Å². The molecule has 3 rings (SSSR count). The predicted octanol–water partition coefficient (Wildman–Crippen LogP) is 6.74. The number of carbonyl (C=O) groups excluding carboxylic acids is 1. The van der Waals surface area contributed by atoms with Gasteiger partial charge in [0.25, 0.3) is 0 Å². The second kappa shape index (κ2) is 14.1. The Bertz CT molecular complexity index is 827. The highest BCUT2D eigenvalue weighted by molar-refractivity contribution is 5.79. The van der Waals surface area contributed by atoms with Crippen LogP contribution in [0.4, 0.5) is 0 Å². The zero-order chi connectivity index (χ0) is 24.1. The van der Waals surface area contributed by atoms with Crippen molar-refractivity contribution in [3.05, 3.63) is 65.2 Å². The van der Waals surface area contributed by atoms with Gasteiger partial charge in [0.05, 0.1) is 18.8 Å². The van der Waals surface area contributed by atoms with E-state index < -0.39 is 17.9 Å². The predicted molar refractivity (Wildman–Crippen MR) is 131 cm³/mol. The van der Waals surface area contributed by atoms with Crippen LogP contribution in [0.1, 0.15) is 82.6 Å². The van der Waals surface area contributed by atoms with Crippen molar-refractivity contribution in [1.82, 2.24) is 0 Å². The fourth-order valence-electron chi connectivity index (χ4n) is 3.88. The van der Waals surface area contributed by atoms with E-state index in [-0.39, 0.29) is 0 Å².